The number of nitrogens with zero attached hydrogens (tertiary/aromatic N) is 3. The smallest absolute Gasteiger partial charge is 0.229 e. The molecule has 1 amide bonds. The van der Waals surface area contributed by atoms with E-state index in [-0.39, 0.29) is 11.8 Å². The van der Waals surface area contributed by atoms with E-state index in [9.17, 15) is 4.79 Å². The van der Waals surface area contributed by atoms with Gasteiger partial charge >= 0.3 is 0 Å². The van der Waals surface area contributed by atoms with E-state index in [4.69, 9.17) is 26.1 Å². The number of aromatic nitrogens is 1. The standard InChI is InChI=1S/C30H32ClN3O3S/c1-36-26-14-13-25(31)29-28(26)32-30(38-29)34(16-8-15-33-17-19-37-20-18-33)27(35)21-24(22-9-4-2-5-10-22)23-11-6-3-7-12-23/h2-7,9-14,24H,8,15-21H2,1H3. The molecule has 6 nitrogen and oxygen atoms in total. The Morgan fingerprint density at radius 1 is 1.05 bits per heavy atom. The number of rotatable bonds is 10. The van der Waals surface area contributed by atoms with Crippen LogP contribution in [0.5, 0.6) is 5.75 Å². The highest BCUT2D eigenvalue weighted by molar-refractivity contribution is 7.23. The Labute approximate surface area is 232 Å². The summed E-state index contributed by atoms with van der Waals surface area (Å²) in [7, 11) is 1.62. The molecule has 8 heteroatoms. The molecule has 0 aliphatic carbocycles. The minimum absolute atomic E-state index is 0.0406. The molecule has 3 aromatic carbocycles. The quantitative estimate of drug-likeness (QED) is 0.234. The van der Waals surface area contributed by atoms with E-state index in [1.54, 1.807) is 7.11 Å². The summed E-state index contributed by atoms with van der Waals surface area (Å²) in [6, 6.07) is 24.1. The molecule has 0 unspecified atom stereocenters. The molecule has 198 valence electrons. The fraction of sp³-hybridized carbons (Fsp3) is 0.333. The van der Waals surface area contributed by atoms with E-state index in [0.29, 0.717) is 34.4 Å². The molecule has 2 heterocycles. The monoisotopic (exact) mass is 549 g/mol. The van der Waals surface area contributed by atoms with Gasteiger partial charge in [-0.15, -0.1) is 0 Å². The third-order valence-electron chi connectivity index (χ3n) is 6.94. The number of halogens is 1. The number of fused-ring (bicyclic) bond motifs is 1. The van der Waals surface area contributed by atoms with Gasteiger partial charge in [-0.1, -0.05) is 83.6 Å². The van der Waals surface area contributed by atoms with Gasteiger partial charge in [-0.25, -0.2) is 4.98 Å². The van der Waals surface area contributed by atoms with Crippen LogP contribution in [-0.2, 0) is 9.53 Å². The lowest BCUT2D eigenvalue weighted by Crippen LogP contribution is -2.39. The number of morpholine rings is 1. The van der Waals surface area contributed by atoms with Crippen molar-refractivity contribution in [3.05, 3.63) is 88.9 Å². The van der Waals surface area contributed by atoms with Gasteiger partial charge in [-0.05, 0) is 29.7 Å². The minimum atomic E-state index is -0.0563. The van der Waals surface area contributed by atoms with E-state index in [1.165, 1.54) is 11.3 Å². The molecule has 0 atom stereocenters. The van der Waals surface area contributed by atoms with Gasteiger partial charge in [0, 0.05) is 38.5 Å². The molecule has 1 aromatic heterocycles. The molecule has 0 radical (unpaired) electrons. The third kappa shape index (κ3) is 6.18. The number of hydrogen-bond donors (Lipinski definition) is 0. The number of amides is 1. The van der Waals surface area contributed by atoms with E-state index in [1.807, 2.05) is 53.4 Å². The van der Waals surface area contributed by atoms with Crippen LogP contribution < -0.4 is 9.64 Å². The summed E-state index contributed by atoms with van der Waals surface area (Å²) in [5, 5.41) is 1.26. The molecule has 1 aliphatic heterocycles. The van der Waals surface area contributed by atoms with E-state index < -0.39 is 0 Å². The Morgan fingerprint density at radius 3 is 2.34 bits per heavy atom. The molecule has 1 aliphatic rings. The number of benzene rings is 3. The SMILES string of the molecule is COc1ccc(Cl)c2sc(N(CCCN3CCOCC3)C(=O)CC(c3ccccc3)c3ccccc3)nc12. The predicted molar refractivity (Wildman–Crippen MR) is 155 cm³/mol. The first-order valence-corrected chi connectivity index (χ1v) is 14.2. The van der Waals surface area contributed by atoms with Crippen LogP contribution in [0, 0.1) is 0 Å². The Kier molecular flexibility index (Phi) is 8.91. The summed E-state index contributed by atoms with van der Waals surface area (Å²) in [6.45, 7) is 4.84. The van der Waals surface area contributed by atoms with Crippen molar-refractivity contribution in [3.63, 3.8) is 0 Å². The number of thiazole rings is 1. The van der Waals surface area contributed by atoms with E-state index >= 15 is 0 Å². The summed E-state index contributed by atoms with van der Waals surface area (Å²) >= 11 is 7.97. The van der Waals surface area contributed by atoms with Gasteiger partial charge in [0.15, 0.2) is 5.13 Å². The van der Waals surface area contributed by atoms with Crippen molar-refractivity contribution in [2.75, 3.05) is 51.4 Å². The largest absolute Gasteiger partial charge is 0.494 e. The van der Waals surface area contributed by atoms with Gasteiger partial charge in [-0.2, -0.15) is 0 Å². The van der Waals surface area contributed by atoms with Crippen LogP contribution in [0.3, 0.4) is 0 Å². The van der Waals surface area contributed by atoms with Crippen molar-refractivity contribution < 1.29 is 14.3 Å². The summed E-state index contributed by atoms with van der Waals surface area (Å²) in [4.78, 5) is 23.2. The summed E-state index contributed by atoms with van der Waals surface area (Å²) in [5.41, 5.74) is 2.93. The van der Waals surface area contributed by atoms with Crippen molar-refractivity contribution in [2.24, 2.45) is 0 Å². The average molecular weight is 550 g/mol. The van der Waals surface area contributed by atoms with Crippen LogP contribution in [0.15, 0.2) is 72.8 Å². The van der Waals surface area contributed by atoms with Gasteiger partial charge in [-0.3, -0.25) is 14.6 Å². The lowest BCUT2D eigenvalue weighted by Gasteiger charge is -2.28. The van der Waals surface area contributed by atoms with Crippen LogP contribution in [0.4, 0.5) is 5.13 Å². The van der Waals surface area contributed by atoms with Crippen molar-refractivity contribution in [1.82, 2.24) is 9.88 Å². The van der Waals surface area contributed by atoms with Crippen LogP contribution in [-0.4, -0.2) is 62.3 Å². The van der Waals surface area contributed by atoms with Crippen molar-refractivity contribution in [2.45, 2.75) is 18.8 Å². The second-order valence-electron chi connectivity index (χ2n) is 9.35. The number of hydrogen-bond acceptors (Lipinski definition) is 6. The molecule has 0 bridgehead atoms. The molecule has 0 N–H and O–H groups in total. The fourth-order valence-electron chi connectivity index (χ4n) is 4.91. The Hall–Kier alpha value is -2.97. The maximum Gasteiger partial charge on any atom is 0.229 e. The molecule has 1 saturated heterocycles. The lowest BCUT2D eigenvalue weighted by atomic mass is 9.88. The lowest BCUT2D eigenvalue weighted by molar-refractivity contribution is -0.118. The molecule has 4 aromatic rings. The molecule has 38 heavy (non-hydrogen) atoms. The first kappa shape index (κ1) is 26.6. The number of ether oxygens (including phenoxy) is 2. The number of anilines is 1. The molecule has 5 rings (SSSR count). The van der Waals surface area contributed by atoms with Crippen molar-refractivity contribution >= 4 is 44.2 Å². The van der Waals surface area contributed by atoms with Crippen LogP contribution in [0.1, 0.15) is 29.9 Å². The van der Waals surface area contributed by atoms with Gasteiger partial charge in [0.05, 0.1) is 30.0 Å². The number of methoxy groups -OCH3 is 1. The van der Waals surface area contributed by atoms with E-state index in [2.05, 4.69) is 29.2 Å². The first-order chi connectivity index (χ1) is 18.6. The predicted octanol–water partition coefficient (Wildman–Crippen LogP) is 6.24. The highest BCUT2D eigenvalue weighted by atomic mass is 35.5. The Balaban J connectivity index is 1.45. The summed E-state index contributed by atoms with van der Waals surface area (Å²) in [5.74, 6) is 0.636. The zero-order chi connectivity index (χ0) is 26.3. The molecular formula is C30H32ClN3O3S. The van der Waals surface area contributed by atoms with Gasteiger partial charge < -0.3 is 9.47 Å². The Bertz CT molecular complexity index is 1300. The van der Waals surface area contributed by atoms with Crippen LogP contribution in [0.25, 0.3) is 10.2 Å². The third-order valence-corrected chi connectivity index (χ3v) is 8.48. The minimum Gasteiger partial charge on any atom is -0.494 e. The van der Waals surface area contributed by atoms with E-state index in [0.717, 1.165) is 55.1 Å². The highest BCUT2D eigenvalue weighted by Crippen LogP contribution is 2.39. The molecule has 1 fully saturated rings. The number of carbonyl (C=O) groups is 1. The van der Waals surface area contributed by atoms with Crippen LogP contribution in [0.2, 0.25) is 5.02 Å². The molecular weight excluding hydrogens is 518 g/mol. The zero-order valence-electron chi connectivity index (χ0n) is 21.5. The van der Waals surface area contributed by atoms with Crippen molar-refractivity contribution in [1.29, 1.82) is 0 Å². The average Bonchev–Trinajstić information content (AvgIpc) is 3.42. The topological polar surface area (TPSA) is 54.9 Å². The molecule has 0 spiro atoms. The maximum absolute atomic E-state index is 14.1. The first-order valence-electron chi connectivity index (χ1n) is 13.0. The van der Waals surface area contributed by atoms with Gasteiger partial charge in [0.2, 0.25) is 5.91 Å². The summed E-state index contributed by atoms with van der Waals surface area (Å²) < 4.78 is 11.9. The summed E-state index contributed by atoms with van der Waals surface area (Å²) in [6.07, 6.45) is 1.18. The second kappa shape index (κ2) is 12.7. The normalized spacial score (nSPS) is 14.2. The second-order valence-corrected chi connectivity index (χ2v) is 10.7. The van der Waals surface area contributed by atoms with Gasteiger partial charge in [0.25, 0.3) is 0 Å². The van der Waals surface area contributed by atoms with Crippen LogP contribution >= 0.6 is 22.9 Å². The zero-order valence-corrected chi connectivity index (χ0v) is 23.1. The Morgan fingerprint density at radius 2 is 1.71 bits per heavy atom. The number of carbonyl (C=O) groups excluding carboxylic acids is 1. The fourth-order valence-corrected chi connectivity index (χ4v) is 6.21. The highest BCUT2D eigenvalue weighted by Gasteiger charge is 2.26. The maximum atomic E-state index is 14.1. The molecule has 0 saturated carbocycles. The van der Waals surface area contributed by atoms with Crippen molar-refractivity contribution in [3.8, 4) is 5.75 Å². The van der Waals surface area contributed by atoms with Gasteiger partial charge in [0.1, 0.15) is 11.3 Å².